The van der Waals surface area contributed by atoms with Crippen molar-refractivity contribution >= 4 is 34.1 Å². The highest BCUT2D eigenvalue weighted by Crippen LogP contribution is 2.39. The number of pyridine rings is 2. The number of anilines is 2. The van der Waals surface area contributed by atoms with Gasteiger partial charge in [-0.1, -0.05) is 0 Å². The van der Waals surface area contributed by atoms with Gasteiger partial charge in [0.2, 0.25) is 17.7 Å². The minimum atomic E-state index is -0.680. The maximum atomic E-state index is 15.3. The highest BCUT2D eigenvalue weighted by atomic mass is 19.1. The summed E-state index contributed by atoms with van der Waals surface area (Å²) in [5, 5.41) is 6.95. The van der Waals surface area contributed by atoms with E-state index in [9.17, 15) is 9.59 Å². The van der Waals surface area contributed by atoms with Gasteiger partial charge in [-0.2, -0.15) is 0 Å². The summed E-state index contributed by atoms with van der Waals surface area (Å²) >= 11 is 0. The molecule has 4 N–H and O–H groups in total. The number of carbonyl (C=O) groups is 2. The van der Waals surface area contributed by atoms with Crippen LogP contribution < -0.4 is 25.8 Å². The molecule has 0 radical (unpaired) electrons. The molecule has 0 bridgehead atoms. The zero-order chi connectivity index (χ0) is 24.7. The van der Waals surface area contributed by atoms with Gasteiger partial charge in [-0.05, 0) is 30.4 Å². The Balaban J connectivity index is 1.43. The van der Waals surface area contributed by atoms with Crippen molar-refractivity contribution in [2.24, 2.45) is 0 Å². The number of nitrogen functional groups attached to an aromatic ring is 1. The van der Waals surface area contributed by atoms with Crippen LogP contribution in [0.1, 0.15) is 18.4 Å². The summed E-state index contributed by atoms with van der Waals surface area (Å²) in [5.74, 6) is -0.0159. The topological polar surface area (TPSA) is 132 Å². The summed E-state index contributed by atoms with van der Waals surface area (Å²) < 4.78 is 26.2. The van der Waals surface area contributed by atoms with Crippen LogP contribution in [0.4, 0.5) is 20.6 Å². The number of fused-ring (bicyclic) bond motifs is 2. The number of likely N-dealkylation sites (N-methyl/N-ethyl adjacent to an activating group) is 1. The highest BCUT2D eigenvalue weighted by Gasteiger charge is 2.25. The molecular weight excluding hydrogens is 455 g/mol. The van der Waals surface area contributed by atoms with Crippen LogP contribution in [-0.4, -0.2) is 59.7 Å². The van der Waals surface area contributed by atoms with E-state index < -0.39 is 11.9 Å². The van der Waals surface area contributed by atoms with E-state index in [0.717, 1.165) is 11.3 Å². The van der Waals surface area contributed by atoms with Gasteiger partial charge in [0.1, 0.15) is 12.3 Å². The van der Waals surface area contributed by atoms with Gasteiger partial charge in [-0.15, -0.1) is 0 Å². The van der Waals surface area contributed by atoms with Gasteiger partial charge >= 0.3 is 6.09 Å². The molecule has 1 saturated heterocycles. The third-order valence-corrected chi connectivity index (χ3v) is 6.36. The maximum absolute atomic E-state index is 15.3. The van der Waals surface area contributed by atoms with E-state index in [2.05, 4.69) is 20.6 Å². The fraction of sp³-hybridized carbons (Fsp3) is 0.333. The molecule has 11 heteroatoms. The Labute approximate surface area is 200 Å². The number of piperidine rings is 1. The second-order valence-corrected chi connectivity index (χ2v) is 8.69. The molecule has 2 aliphatic heterocycles. The minimum absolute atomic E-state index is 0.0425. The molecule has 2 aliphatic rings. The van der Waals surface area contributed by atoms with E-state index in [1.165, 1.54) is 12.3 Å². The van der Waals surface area contributed by atoms with Crippen LogP contribution in [0, 0.1) is 12.7 Å². The molecule has 1 atom stereocenters. The summed E-state index contributed by atoms with van der Waals surface area (Å²) in [4.78, 5) is 34.0. The molecule has 0 spiro atoms. The Hall–Kier alpha value is -4.15. The van der Waals surface area contributed by atoms with Gasteiger partial charge in [0.25, 0.3) is 0 Å². The van der Waals surface area contributed by atoms with Crippen molar-refractivity contribution in [3.05, 3.63) is 35.9 Å². The van der Waals surface area contributed by atoms with Crippen LogP contribution in [0.5, 0.6) is 11.8 Å². The molecule has 1 fully saturated rings. The molecule has 35 heavy (non-hydrogen) atoms. The molecular formula is C24H25FN6O4. The predicted octanol–water partition coefficient (Wildman–Crippen LogP) is 2.84. The van der Waals surface area contributed by atoms with Crippen LogP contribution in [0.3, 0.4) is 0 Å². The first-order valence-electron chi connectivity index (χ1n) is 11.3. The van der Waals surface area contributed by atoms with E-state index in [1.807, 2.05) is 6.92 Å². The van der Waals surface area contributed by atoms with Gasteiger partial charge in [0, 0.05) is 61.5 Å². The Kier molecular flexibility index (Phi) is 5.75. The lowest BCUT2D eigenvalue weighted by Gasteiger charge is -2.29. The molecule has 4 heterocycles. The Bertz CT molecular complexity index is 1350. The molecule has 0 unspecified atom stereocenters. The van der Waals surface area contributed by atoms with Crippen molar-refractivity contribution in [1.29, 1.82) is 0 Å². The summed E-state index contributed by atoms with van der Waals surface area (Å²) in [5.41, 5.74) is 8.40. The molecule has 1 aromatic carbocycles. The average molecular weight is 481 g/mol. The monoisotopic (exact) mass is 480 g/mol. The lowest BCUT2D eigenvalue weighted by molar-refractivity contribution is -0.132. The smallest absolute Gasteiger partial charge is 0.414 e. The van der Waals surface area contributed by atoms with Gasteiger partial charge in [-0.3, -0.25) is 4.79 Å². The summed E-state index contributed by atoms with van der Waals surface area (Å²) in [6, 6.07) is 2.96. The molecule has 3 aromatic rings. The zero-order valence-corrected chi connectivity index (χ0v) is 19.4. The standard InChI is InChI=1S/C24H25FN6O4/c1-12-16(9-29-23-22(12)27-5-6-34-23)15-7-13-8-18(28-10-17(13)21(26)20(15)25)35-24(33)30-14-3-4-19(32)31(2)11-14/h7-10,14,27H,3-6,11,26H2,1-2H3,(H,30,33)/t14-/m1/s1. The second-order valence-electron chi connectivity index (χ2n) is 8.69. The fourth-order valence-electron chi connectivity index (χ4n) is 4.44. The average Bonchev–Trinajstić information content (AvgIpc) is 2.84. The first-order chi connectivity index (χ1) is 16.8. The number of benzene rings is 1. The Morgan fingerprint density at radius 1 is 1.31 bits per heavy atom. The van der Waals surface area contributed by atoms with E-state index in [4.69, 9.17) is 15.2 Å². The molecule has 5 rings (SSSR count). The van der Waals surface area contributed by atoms with E-state index in [0.29, 0.717) is 54.8 Å². The minimum Gasteiger partial charge on any atom is -0.474 e. The van der Waals surface area contributed by atoms with Crippen LogP contribution in [0.15, 0.2) is 24.5 Å². The van der Waals surface area contributed by atoms with Crippen molar-refractivity contribution in [2.45, 2.75) is 25.8 Å². The number of nitrogens with one attached hydrogen (secondary N) is 2. The number of amides is 2. The Morgan fingerprint density at radius 3 is 2.94 bits per heavy atom. The molecule has 2 aromatic heterocycles. The quantitative estimate of drug-likeness (QED) is 0.488. The summed E-state index contributed by atoms with van der Waals surface area (Å²) in [6.07, 6.45) is 3.16. The summed E-state index contributed by atoms with van der Waals surface area (Å²) in [6.45, 7) is 3.41. The van der Waals surface area contributed by atoms with Gasteiger partial charge in [0.05, 0.1) is 11.7 Å². The largest absolute Gasteiger partial charge is 0.474 e. The first kappa shape index (κ1) is 22.6. The van der Waals surface area contributed by atoms with Gasteiger partial charge in [0.15, 0.2) is 5.82 Å². The lowest BCUT2D eigenvalue weighted by atomic mass is 9.97. The van der Waals surface area contributed by atoms with E-state index in [-0.39, 0.29) is 29.1 Å². The molecule has 0 saturated carbocycles. The number of ether oxygens (including phenoxy) is 2. The van der Waals surface area contributed by atoms with Crippen molar-refractivity contribution in [3.63, 3.8) is 0 Å². The van der Waals surface area contributed by atoms with Crippen molar-refractivity contribution in [3.8, 4) is 22.9 Å². The van der Waals surface area contributed by atoms with Crippen molar-refractivity contribution in [2.75, 3.05) is 37.8 Å². The van der Waals surface area contributed by atoms with Crippen molar-refractivity contribution in [1.82, 2.24) is 20.2 Å². The van der Waals surface area contributed by atoms with Crippen LogP contribution in [0.2, 0.25) is 0 Å². The van der Waals surface area contributed by atoms with Crippen molar-refractivity contribution < 1.29 is 23.5 Å². The molecule has 10 nitrogen and oxygen atoms in total. The normalized spacial score (nSPS) is 17.4. The number of nitrogens with two attached hydrogens (primary N) is 1. The molecule has 2 amide bonds. The third kappa shape index (κ3) is 4.25. The number of likely N-dealkylation sites (tertiary alicyclic amines) is 1. The zero-order valence-electron chi connectivity index (χ0n) is 19.4. The number of nitrogens with zero attached hydrogens (tertiary/aromatic N) is 3. The summed E-state index contributed by atoms with van der Waals surface area (Å²) in [7, 11) is 1.69. The highest BCUT2D eigenvalue weighted by molar-refractivity contribution is 5.98. The molecule has 182 valence electrons. The number of aromatic nitrogens is 2. The van der Waals surface area contributed by atoms with Gasteiger partial charge < -0.3 is 30.7 Å². The number of halogens is 1. The maximum Gasteiger partial charge on any atom is 0.414 e. The third-order valence-electron chi connectivity index (χ3n) is 6.36. The van der Waals surface area contributed by atoms with Crippen LogP contribution >= 0.6 is 0 Å². The molecule has 0 aliphatic carbocycles. The first-order valence-corrected chi connectivity index (χ1v) is 11.3. The second kappa shape index (κ2) is 8.90. The van der Waals surface area contributed by atoms with Crippen LogP contribution in [0.25, 0.3) is 21.9 Å². The number of rotatable bonds is 3. The fourth-order valence-corrected chi connectivity index (χ4v) is 4.44. The predicted molar refractivity (Wildman–Crippen MR) is 128 cm³/mol. The Morgan fingerprint density at radius 2 is 2.14 bits per heavy atom. The van der Waals surface area contributed by atoms with Crippen LogP contribution in [-0.2, 0) is 4.79 Å². The van der Waals surface area contributed by atoms with Gasteiger partial charge in [-0.25, -0.2) is 19.2 Å². The number of carbonyl (C=O) groups excluding carboxylic acids is 2. The number of hydrogen-bond donors (Lipinski definition) is 3. The SMILES string of the molecule is Cc1c(-c2cc3cc(OC(=O)N[C@@H]4CCC(=O)N(C)C4)ncc3c(N)c2F)cnc2c1NCCO2. The van der Waals surface area contributed by atoms with E-state index >= 15 is 4.39 Å². The number of hydrogen-bond acceptors (Lipinski definition) is 8. The lowest BCUT2D eigenvalue weighted by Crippen LogP contribution is -2.49. The van der Waals surface area contributed by atoms with E-state index in [1.54, 1.807) is 24.2 Å².